The Kier molecular flexibility index (Phi) is 1.96. The van der Waals surface area contributed by atoms with E-state index in [0.717, 1.165) is 6.07 Å². The van der Waals surface area contributed by atoms with Gasteiger partial charge < -0.3 is 9.15 Å². The highest BCUT2D eigenvalue weighted by atomic mass is 19.1. The highest BCUT2D eigenvalue weighted by Crippen LogP contribution is 2.22. The zero-order valence-corrected chi connectivity index (χ0v) is 7.41. The highest BCUT2D eigenvalue weighted by Gasteiger charge is 2.13. The summed E-state index contributed by atoms with van der Waals surface area (Å²) in [6.07, 6.45) is 1.40. The molecule has 0 N–H and O–H groups in total. The van der Waals surface area contributed by atoms with Gasteiger partial charge in [-0.3, -0.25) is 0 Å². The number of furan rings is 1. The van der Waals surface area contributed by atoms with Gasteiger partial charge in [-0.25, -0.2) is 9.18 Å². The topological polar surface area (TPSA) is 39.4 Å². The van der Waals surface area contributed by atoms with E-state index in [1.807, 2.05) is 0 Å². The van der Waals surface area contributed by atoms with Crippen molar-refractivity contribution >= 4 is 16.9 Å². The van der Waals surface area contributed by atoms with Crippen molar-refractivity contribution < 1.29 is 18.3 Å². The van der Waals surface area contributed by atoms with Gasteiger partial charge in [-0.05, 0) is 12.1 Å². The van der Waals surface area contributed by atoms with Crippen molar-refractivity contribution in [3.63, 3.8) is 0 Å². The molecule has 2 aromatic rings. The molecule has 1 aromatic heterocycles. The molecule has 2 rings (SSSR count). The second-order valence-corrected chi connectivity index (χ2v) is 2.78. The fourth-order valence-corrected chi connectivity index (χ4v) is 1.32. The number of hydrogen-bond donors (Lipinski definition) is 0. The molecule has 0 unspecified atom stereocenters. The minimum atomic E-state index is -0.573. The second-order valence-electron chi connectivity index (χ2n) is 2.78. The van der Waals surface area contributed by atoms with Crippen LogP contribution in [0.3, 0.4) is 0 Å². The number of esters is 1. The van der Waals surface area contributed by atoms with Gasteiger partial charge in [-0.15, -0.1) is 0 Å². The van der Waals surface area contributed by atoms with Crippen molar-refractivity contribution in [2.75, 3.05) is 7.11 Å². The molecular weight excluding hydrogens is 187 g/mol. The van der Waals surface area contributed by atoms with E-state index < -0.39 is 11.8 Å². The molecule has 3 nitrogen and oxygen atoms in total. The minimum Gasteiger partial charge on any atom is -0.465 e. The summed E-state index contributed by atoms with van der Waals surface area (Å²) in [6.45, 7) is 0. The summed E-state index contributed by atoms with van der Waals surface area (Å²) in [5.74, 6) is -1.09. The molecule has 0 saturated carbocycles. The van der Waals surface area contributed by atoms with E-state index >= 15 is 0 Å². The van der Waals surface area contributed by atoms with Crippen LogP contribution in [0, 0.1) is 5.82 Å². The van der Waals surface area contributed by atoms with Crippen LogP contribution in [0.4, 0.5) is 4.39 Å². The van der Waals surface area contributed by atoms with Crippen molar-refractivity contribution in [2.24, 2.45) is 0 Å². The molecule has 0 spiro atoms. The quantitative estimate of drug-likeness (QED) is 0.654. The third kappa shape index (κ3) is 1.25. The zero-order chi connectivity index (χ0) is 10.1. The Bertz CT molecular complexity index is 487. The molecule has 0 fully saturated rings. The maximum atomic E-state index is 13.0. The average Bonchev–Trinajstić information content (AvgIpc) is 2.62. The normalized spacial score (nSPS) is 10.4. The molecule has 0 radical (unpaired) electrons. The summed E-state index contributed by atoms with van der Waals surface area (Å²) >= 11 is 0. The van der Waals surface area contributed by atoms with Crippen LogP contribution >= 0.6 is 0 Å². The van der Waals surface area contributed by atoms with Crippen LogP contribution < -0.4 is 0 Å². The van der Waals surface area contributed by atoms with Gasteiger partial charge in [0.05, 0.1) is 18.9 Å². The Labute approximate surface area is 79.1 Å². The highest BCUT2D eigenvalue weighted by molar-refractivity contribution is 6.03. The number of methoxy groups -OCH3 is 1. The zero-order valence-electron chi connectivity index (χ0n) is 7.41. The smallest absolute Gasteiger partial charge is 0.338 e. The van der Waals surface area contributed by atoms with Crippen LogP contribution in [-0.4, -0.2) is 13.1 Å². The molecule has 0 aliphatic rings. The Morgan fingerprint density at radius 2 is 2.29 bits per heavy atom. The van der Waals surface area contributed by atoms with Crippen molar-refractivity contribution in [3.8, 4) is 0 Å². The fraction of sp³-hybridized carbons (Fsp3) is 0.100. The molecule has 1 aromatic carbocycles. The third-order valence-corrected chi connectivity index (χ3v) is 1.94. The Morgan fingerprint density at radius 3 is 3.00 bits per heavy atom. The molecule has 0 bridgehead atoms. The van der Waals surface area contributed by atoms with Gasteiger partial charge in [-0.2, -0.15) is 0 Å². The van der Waals surface area contributed by atoms with Crippen LogP contribution in [0.25, 0.3) is 11.0 Å². The van der Waals surface area contributed by atoms with E-state index in [0.29, 0.717) is 11.0 Å². The van der Waals surface area contributed by atoms with Crippen molar-refractivity contribution in [1.29, 1.82) is 0 Å². The van der Waals surface area contributed by atoms with Gasteiger partial charge in [0.25, 0.3) is 0 Å². The van der Waals surface area contributed by atoms with E-state index in [1.165, 1.54) is 19.4 Å². The van der Waals surface area contributed by atoms with Crippen LogP contribution in [0.15, 0.2) is 28.9 Å². The van der Waals surface area contributed by atoms with E-state index in [9.17, 15) is 9.18 Å². The lowest BCUT2D eigenvalue weighted by Crippen LogP contribution is -2.01. The molecule has 0 aliphatic heterocycles. The van der Waals surface area contributed by atoms with Crippen molar-refractivity contribution in [1.82, 2.24) is 0 Å². The maximum Gasteiger partial charge on any atom is 0.338 e. The van der Waals surface area contributed by atoms with Gasteiger partial charge in [0.15, 0.2) is 0 Å². The SMILES string of the molecule is COC(=O)c1cc(F)cc2occc12. The van der Waals surface area contributed by atoms with E-state index in [-0.39, 0.29) is 5.56 Å². The molecule has 0 saturated heterocycles. The van der Waals surface area contributed by atoms with Gasteiger partial charge in [0, 0.05) is 11.5 Å². The van der Waals surface area contributed by atoms with Crippen LogP contribution in [0.5, 0.6) is 0 Å². The average molecular weight is 194 g/mol. The van der Waals surface area contributed by atoms with E-state index in [4.69, 9.17) is 4.42 Å². The molecule has 14 heavy (non-hydrogen) atoms. The number of carbonyl (C=O) groups is 1. The predicted octanol–water partition coefficient (Wildman–Crippen LogP) is 2.36. The van der Waals surface area contributed by atoms with Gasteiger partial charge >= 0.3 is 5.97 Å². The van der Waals surface area contributed by atoms with E-state index in [2.05, 4.69) is 4.74 Å². The first-order valence-electron chi connectivity index (χ1n) is 3.97. The summed E-state index contributed by atoms with van der Waals surface area (Å²) < 4.78 is 22.5. The number of carbonyl (C=O) groups excluding carboxylic acids is 1. The number of halogens is 1. The lowest BCUT2D eigenvalue weighted by atomic mass is 10.1. The number of benzene rings is 1. The first-order valence-corrected chi connectivity index (χ1v) is 3.97. The molecule has 0 aliphatic carbocycles. The number of hydrogen-bond acceptors (Lipinski definition) is 3. The predicted molar refractivity (Wildman–Crippen MR) is 47.5 cm³/mol. The third-order valence-electron chi connectivity index (χ3n) is 1.94. The van der Waals surface area contributed by atoms with Gasteiger partial charge in [0.1, 0.15) is 11.4 Å². The number of rotatable bonds is 1. The van der Waals surface area contributed by atoms with Crippen molar-refractivity contribution in [2.45, 2.75) is 0 Å². The monoisotopic (exact) mass is 194 g/mol. The largest absolute Gasteiger partial charge is 0.465 e. The van der Waals surface area contributed by atoms with Crippen LogP contribution in [0.1, 0.15) is 10.4 Å². The maximum absolute atomic E-state index is 13.0. The lowest BCUT2D eigenvalue weighted by Gasteiger charge is -2.00. The number of ether oxygens (including phenoxy) is 1. The molecule has 1 heterocycles. The summed E-state index contributed by atoms with van der Waals surface area (Å²) in [7, 11) is 1.25. The molecule has 72 valence electrons. The van der Waals surface area contributed by atoms with Gasteiger partial charge in [0.2, 0.25) is 0 Å². The van der Waals surface area contributed by atoms with Crippen molar-refractivity contribution in [3.05, 3.63) is 35.8 Å². The molecule has 0 amide bonds. The first-order chi connectivity index (χ1) is 6.72. The second kappa shape index (κ2) is 3.14. The fourth-order valence-electron chi connectivity index (χ4n) is 1.32. The lowest BCUT2D eigenvalue weighted by molar-refractivity contribution is 0.0602. The van der Waals surface area contributed by atoms with Crippen LogP contribution in [-0.2, 0) is 4.74 Å². The Hall–Kier alpha value is -1.84. The summed E-state index contributed by atoms with van der Waals surface area (Å²) in [6, 6.07) is 3.95. The van der Waals surface area contributed by atoms with Crippen LogP contribution in [0.2, 0.25) is 0 Å². The number of fused-ring (bicyclic) bond motifs is 1. The summed E-state index contributed by atoms with van der Waals surface area (Å²) in [5, 5.41) is 0.554. The molecule has 0 atom stereocenters. The summed E-state index contributed by atoms with van der Waals surface area (Å²) in [5.41, 5.74) is 0.515. The molecular formula is C10H7FO3. The molecule has 4 heteroatoms. The Balaban J connectivity index is 2.72. The summed E-state index contributed by atoms with van der Waals surface area (Å²) in [4.78, 5) is 11.2. The van der Waals surface area contributed by atoms with E-state index in [1.54, 1.807) is 6.07 Å². The first kappa shape index (κ1) is 8.74. The minimum absolute atomic E-state index is 0.177. The van der Waals surface area contributed by atoms with Gasteiger partial charge in [-0.1, -0.05) is 0 Å². The Morgan fingerprint density at radius 1 is 1.50 bits per heavy atom. The standard InChI is InChI=1S/C10H7FO3/c1-13-10(12)8-4-6(11)5-9-7(8)2-3-14-9/h2-5H,1H3.